The molecule has 0 spiro atoms. The van der Waals surface area contributed by atoms with Gasteiger partial charge in [0.2, 0.25) is 27.8 Å². The molecular formula is C19H19ClN6O3S2. The minimum atomic E-state index is -3.60. The third-order valence-electron chi connectivity index (χ3n) is 5.38. The van der Waals surface area contributed by atoms with E-state index in [1.54, 1.807) is 25.4 Å². The number of nitrogens with two attached hydrogens (primary N) is 1. The van der Waals surface area contributed by atoms with Crippen molar-refractivity contribution in [2.75, 3.05) is 12.8 Å². The van der Waals surface area contributed by atoms with E-state index in [2.05, 4.69) is 20.2 Å². The number of pyridine rings is 1. The normalized spacial score (nSPS) is 23.1. The van der Waals surface area contributed by atoms with E-state index in [1.165, 1.54) is 18.4 Å². The largest absolute Gasteiger partial charge is 0.420 e. The Morgan fingerprint density at radius 3 is 2.71 bits per heavy atom. The average molecular weight is 479 g/mol. The van der Waals surface area contributed by atoms with Gasteiger partial charge in [0.05, 0.1) is 21.2 Å². The zero-order valence-electron chi connectivity index (χ0n) is 16.7. The van der Waals surface area contributed by atoms with Crippen LogP contribution in [0.4, 0.5) is 0 Å². The van der Waals surface area contributed by atoms with E-state index in [1.807, 2.05) is 6.07 Å². The van der Waals surface area contributed by atoms with Crippen LogP contribution in [0.5, 0.6) is 0 Å². The van der Waals surface area contributed by atoms with E-state index in [4.69, 9.17) is 21.8 Å². The quantitative estimate of drug-likeness (QED) is 0.609. The standard InChI is InChI=1S/C19H19ClN6O3S2/c1-19(9-31(27,28)26(2)18(21)23-19)15-13(20)6-14(30-15)11-5-12(8-22-7-11)17-25-24-16(29-17)10-3-4-10/h5-8,10H,3-4,9H2,1-2H3,(H2,21,23). The number of nitrogens with zero attached hydrogens (tertiary/aromatic N) is 5. The second kappa shape index (κ2) is 7.01. The van der Waals surface area contributed by atoms with Gasteiger partial charge in [0.25, 0.3) is 0 Å². The molecule has 9 nitrogen and oxygen atoms in total. The van der Waals surface area contributed by atoms with Crippen LogP contribution in [0.1, 0.15) is 36.5 Å². The highest BCUT2D eigenvalue weighted by atomic mass is 35.5. The van der Waals surface area contributed by atoms with Crippen LogP contribution in [-0.2, 0) is 15.6 Å². The first kappa shape index (κ1) is 20.4. The van der Waals surface area contributed by atoms with Gasteiger partial charge in [0, 0.05) is 35.8 Å². The Hall–Kier alpha value is -2.50. The van der Waals surface area contributed by atoms with Crippen molar-refractivity contribution in [2.24, 2.45) is 10.7 Å². The summed E-state index contributed by atoms with van der Waals surface area (Å²) in [7, 11) is -2.21. The summed E-state index contributed by atoms with van der Waals surface area (Å²) >= 11 is 7.89. The SMILES string of the molecule is CN1C(N)=NC(C)(c2sc(-c3cncc(-c4nnc(C5CC5)o4)c3)cc2Cl)CS1(=O)=O. The maximum absolute atomic E-state index is 12.5. The molecule has 0 bridgehead atoms. The number of thiophene rings is 1. The van der Waals surface area contributed by atoms with E-state index in [9.17, 15) is 8.42 Å². The number of rotatable bonds is 4. The monoisotopic (exact) mass is 478 g/mol. The van der Waals surface area contributed by atoms with Crippen molar-refractivity contribution in [1.82, 2.24) is 19.5 Å². The highest BCUT2D eigenvalue weighted by molar-refractivity contribution is 7.89. The molecule has 4 heterocycles. The Bertz CT molecular complexity index is 1310. The predicted molar refractivity (Wildman–Crippen MR) is 118 cm³/mol. The molecule has 5 rings (SSSR count). The molecule has 0 aromatic carbocycles. The molecular weight excluding hydrogens is 460 g/mol. The maximum Gasteiger partial charge on any atom is 0.249 e. The summed E-state index contributed by atoms with van der Waals surface area (Å²) in [4.78, 5) is 10.2. The van der Waals surface area contributed by atoms with Gasteiger partial charge in [-0.1, -0.05) is 11.6 Å². The van der Waals surface area contributed by atoms with Gasteiger partial charge in [-0.25, -0.2) is 17.7 Å². The van der Waals surface area contributed by atoms with E-state index in [0.717, 1.165) is 27.6 Å². The zero-order valence-corrected chi connectivity index (χ0v) is 19.1. The molecule has 2 aliphatic rings. The van der Waals surface area contributed by atoms with E-state index in [-0.39, 0.29) is 11.7 Å². The lowest BCUT2D eigenvalue weighted by Gasteiger charge is -2.33. The van der Waals surface area contributed by atoms with Crippen LogP contribution in [-0.4, -0.2) is 46.7 Å². The fraction of sp³-hybridized carbons (Fsp3) is 0.368. The van der Waals surface area contributed by atoms with Gasteiger partial charge in [0.15, 0.2) is 0 Å². The molecule has 162 valence electrons. The number of sulfonamides is 1. The Morgan fingerprint density at radius 2 is 2.00 bits per heavy atom. The number of aliphatic imine (C=N–C) groups is 1. The summed E-state index contributed by atoms with van der Waals surface area (Å²) in [5.41, 5.74) is 6.31. The third kappa shape index (κ3) is 3.60. The molecule has 1 fully saturated rings. The van der Waals surface area contributed by atoms with Gasteiger partial charge in [0.1, 0.15) is 5.54 Å². The number of aromatic nitrogens is 3. The van der Waals surface area contributed by atoms with Crippen molar-refractivity contribution < 1.29 is 12.8 Å². The fourth-order valence-corrected chi connectivity index (χ4v) is 6.63. The Balaban J connectivity index is 1.51. The van der Waals surface area contributed by atoms with Gasteiger partial charge in [-0.15, -0.1) is 21.5 Å². The van der Waals surface area contributed by atoms with Gasteiger partial charge in [-0.05, 0) is 31.9 Å². The first-order valence-corrected chi connectivity index (χ1v) is 12.4. The van der Waals surface area contributed by atoms with Crippen molar-refractivity contribution >= 4 is 38.9 Å². The average Bonchev–Trinajstić information content (AvgIpc) is 3.30. The highest BCUT2D eigenvalue weighted by Crippen LogP contribution is 2.44. The minimum absolute atomic E-state index is 0.0636. The third-order valence-corrected chi connectivity index (χ3v) is 9.17. The Kier molecular flexibility index (Phi) is 4.61. The van der Waals surface area contributed by atoms with Crippen molar-refractivity contribution in [1.29, 1.82) is 0 Å². The molecule has 0 saturated heterocycles. The molecule has 3 aromatic heterocycles. The van der Waals surface area contributed by atoms with E-state index in [0.29, 0.717) is 33.2 Å². The number of guanidine groups is 1. The number of hydrogen-bond acceptors (Lipinski definition) is 9. The summed E-state index contributed by atoms with van der Waals surface area (Å²) < 4.78 is 31.8. The summed E-state index contributed by atoms with van der Waals surface area (Å²) in [5, 5.41) is 8.69. The molecule has 1 atom stereocenters. The summed E-state index contributed by atoms with van der Waals surface area (Å²) in [6.45, 7) is 1.72. The first-order valence-electron chi connectivity index (χ1n) is 9.57. The van der Waals surface area contributed by atoms with Crippen LogP contribution in [0.25, 0.3) is 21.9 Å². The highest BCUT2D eigenvalue weighted by Gasteiger charge is 2.42. The smallest absolute Gasteiger partial charge is 0.249 e. The lowest BCUT2D eigenvalue weighted by atomic mass is 10.0. The summed E-state index contributed by atoms with van der Waals surface area (Å²) in [6.07, 6.45) is 5.53. The van der Waals surface area contributed by atoms with Crippen LogP contribution in [0, 0.1) is 0 Å². The van der Waals surface area contributed by atoms with Crippen molar-refractivity contribution in [3.8, 4) is 21.9 Å². The Morgan fingerprint density at radius 1 is 1.26 bits per heavy atom. The summed E-state index contributed by atoms with van der Waals surface area (Å²) in [5.74, 6) is 1.17. The lowest BCUT2D eigenvalue weighted by Crippen LogP contribution is -2.50. The van der Waals surface area contributed by atoms with Crippen LogP contribution in [0.2, 0.25) is 5.02 Å². The van der Waals surface area contributed by atoms with Crippen LogP contribution < -0.4 is 5.73 Å². The van der Waals surface area contributed by atoms with Gasteiger partial charge >= 0.3 is 0 Å². The molecule has 1 aliphatic heterocycles. The maximum atomic E-state index is 12.5. The molecule has 31 heavy (non-hydrogen) atoms. The fourth-order valence-electron chi connectivity index (χ4n) is 3.48. The van der Waals surface area contributed by atoms with Gasteiger partial charge < -0.3 is 10.2 Å². The van der Waals surface area contributed by atoms with Crippen LogP contribution >= 0.6 is 22.9 Å². The second-order valence-corrected chi connectivity index (χ2v) is 11.4. The molecule has 12 heteroatoms. The predicted octanol–water partition coefficient (Wildman–Crippen LogP) is 3.20. The first-order chi connectivity index (χ1) is 14.7. The molecule has 1 aliphatic carbocycles. The molecule has 1 saturated carbocycles. The van der Waals surface area contributed by atoms with Gasteiger partial charge in [-0.3, -0.25) is 4.98 Å². The van der Waals surface area contributed by atoms with Crippen LogP contribution in [0.3, 0.4) is 0 Å². The molecule has 2 N–H and O–H groups in total. The number of halogens is 1. The van der Waals surface area contributed by atoms with E-state index >= 15 is 0 Å². The molecule has 1 unspecified atom stereocenters. The molecule has 3 aromatic rings. The minimum Gasteiger partial charge on any atom is -0.420 e. The van der Waals surface area contributed by atoms with Gasteiger partial charge in [-0.2, -0.15) is 0 Å². The van der Waals surface area contributed by atoms with Crippen molar-refractivity contribution in [2.45, 2.75) is 31.2 Å². The lowest BCUT2D eigenvalue weighted by molar-refractivity contribution is 0.482. The topological polar surface area (TPSA) is 128 Å². The van der Waals surface area contributed by atoms with Crippen molar-refractivity contribution in [3.63, 3.8) is 0 Å². The number of hydrogen-bond donors (Lipinski definition) is 1. The van der Waals surface area contributed by atoms with Crippen molar-refractivity contribution in [3.05, 3.63) is 40.3 Å². The Labute approximate surface area is 188 Å². The molecule has 0 amide bonds. The van der Waals surface area contributed by atoms with E-state index < -0.39 is 15.6 Å². The second-order valence-electron chi connectivity index (χ2n) is 7.94. The summed E-state index contributed by atoms with van der Waals surface area (Å²) in [6, 6.07) is 3.68. The zero-order chi connectivity index (χ0) is 22.0. The van der Waals surface area contributed by atoms with Crippen LogP contribution in [0.15, 0.2) is 33.9 Å². The molecule has 0 radical (unpaired) electrons.